The van der Waals surface area contributed by atoms with Gasteiger partial charge in [0.2, 0.25) is 0 Å². The van der Waals surface area contributed by atoms with Crippen molar-refractivity contribution >= 4 is 30.3 Å². The lowest BCUT2D eigenvalue weighted by Crippen LogP contribution is -2.41. The van der Waals surface area contributed by atoms with Crippen molar-refractivity contribution < 1.29 is 23.5 Å². The Morgan fingerprint density at radius 3 is 2.34 bits per heavy atom. The summed E-state index contributed by atoms with van der Waals surface area (Å²) in [5.74, 6) is -3.53. The molecule has 0 saturated heterocycles. The van der Waals surface area contributed by atoms with Gasteiger partial charge in [-0.15, -0.1) is 12.6 Å². The number of nitriles is 1. The third-order valence-electron chi connectivity index (χ3n) is 5.11. The third kappa shape index (κ3) is 3.81. The molecule has 0 saturated carbocycles. The molecule has 0 spiro atoms. The van der Waals surface area contributed by atoms with Crippen LogP contribution in [-0.2, 0) is 19.1 Å². The van der Waals surface area contributed by atoms with Gasteiger partial charge in [-0.1, -0.05) is 30.3 Å². The number of anilines is 1. The molecule has 2 aromatic rings. The van der Waals surface area contributed by atoms with Gasteiger partial charge >= 0.3 is 11.9 Å². The largest absolute Gasteiger partial charge is 0.466 e. The van der Waals surface area contributed by atoms with Gasteiger partial charge in [-0.2, -0.15) is 5.26 Å². The summed E-state index contributed by atoms with van der Waals surface area (Å²) in [7, 11) is 2.29. The molecule has 1 unspecified atom stereocenters. The molecule has 164 valence electrons. The van der Waals surface area contributed by atoms with Crippen LogP contribution in [0.25, 0.3) is 0 Å². The number of thiol groups is 1. The summed E-state index contributed by atoms with van der Waals surface area (Å²) in [6.45, 7) is 1.55. The van der Waals surface area contributed by atoms with E-state index in [4.69, 9.17) is 15.2 Å². The van der Waals surface area contributed by atoms with Crippen LogP contribution in [0.3, 0.4) is 0 Å². The lowest BCUT2D eigenvalue weighted by atomic mass is 9.81. The molecule has 1 heterocycles. The summed E-state index contributed by atoms with van der Waals surface area (Å²) in [5.41, 5.74) is 6.82. The monoisotopic (exact) mass is 453 g/mol. The number of nitrogens with two attached hydrogens (primary N) is 1. The maximum Gasteiger partial charge on any atom is 0.355 e. The lowest BCUT2D eigenvalue weighted by molar-refractivity contribution is -0.139. The molecule has 3 rings (SSSR count). The minimum Gasteiger partial charge on any atom is -0.466 e. The van der Waals surface area contributed by atoms with Gasteiger partial charge in [0, 0.05) is 4.90 Å². The number of aryl methyl sites for hydroxylation is 1. The second-order valence-electron chi connectivity index (χ2n) is 6.93. The molecule has 0 aromatic heterocycles. The number of esters is 2. The average Bonchev–Trinajstić information content (AvgIpc) is 2.80. The smallest absolute Gasteiger partial charge is 0.355 e. The summed E-state index contributed by atoms with van der Waals surface area (Å²) < 4.78 is 24.4. The first-order valence-electron chi connectivity index (χ1n) is 9.41. The lowest BCUT2D eigenvalue weighted by Gasteiger charge is -2.36. The number of ether oxygens (including phenoxy) is 2. The minimum atomic E-state index is -1.00. The van der Waals surface area contributed by atoms with Crippen molar-refractivity contribution in [1.82, 2.24) is 0 Å². The summed E-state index contributed by atoms with van der Waals surface area (Å²) >= 11 is 4.40. The van der Waals surface area contributed by atoms with E-state index in [1.54, 1.807) is 37.3 Å². The van der Waals surface area contributed by atoms with E-state index in [2.05, 4.69) is 12.6 Å². The predicted octanol–water partition coefficient (Wildman–Crippen LogP) is 3.32. The maximum absolute atomic E-state index is 14.5. The van der Waals surface area contributed by atoms with E-state index in [0.717, 1.165) is 25.2 Å². The van der Waals surface area contributed by atoms with Crippen molar-refractivity contribution in [1.29, 1.82) is 5.26 Å². The highest BCUT2D eigenvalue weighted by molar-refractivity contribution is 7.80. The van der Waals surface area contributed by atoms with Crippen LogP contribution in [0.5, 0.6) is 0 Å². The second-order valence-corrected chi connectivity index (χ2v) is 7.41. The van der Waals surface area contributed by atoms with E-state index in [1.807, 2.05) is 6.07 Å². The highest BCUT2D eigenvalue weighted by Crippen LogP contribution is 2.44. The number of halogens is 1. The van der Waals surface area contributed by atoms with Crippen LogP contribution in [0.2, 0.25) is 0 Å². The predicted molar refractivity (Wildman–Crippen MR) is 118 cm³/mol. The summed E-state index contributed by atoms with van der Waals surface area (Å²) in [5, 5.41) is 9.98. The second kappa shape index (κ2) is 9.16. The van der Waals surface area contributed by atoms with Crippen LogP contribution in [0.15, 0.2) is 70.0 Å². The van der Waals surface area contributed by atoms with Gasteiger partial charge in [0.05, 0.1) is 43.0 Å². The molecule has 1 aliphatic rings. The van der Waals surface area contributed by atoms with Crippen LogP contribution in [0, 0.1) is 24.1 Å². The molecule has 32 heavy (non-hydrogen) atoms. The number of rotatable bonds is 4. The number of carbonyl (C=O) groups is 2. The zero-order valence-corrected chi connectivity index (χ0v) is 18.4. The molecule has 0 bridgehead atoms. The Balaban J connectivity index is 2.46. The molecule has 0 aliphatic carbocycles. The Kier molecular flexibility index (Phi) is 6.55. The molecular weight excluding hydrogens is 433 g/mol. The molecule has 9 heteroatoms. The molecule has 1 atom stereocenters. The number of methoxy groups -OCH3 is 2. The van der Waals surface area contributed by atoms with Crippen LogP contribution in [0.1, 0.15) is 17.0 Å². The normalized spacial score (nSPS) is 16.0. The Morgan fingerprint density at radius 1 is 1.16 bits per heavy atom. The van der Waals surface area contributed by atoms with E-state index >= 15 is 0 Å². The number of carbonyl (C=O) groups excluding carboxylic acids is 2. The maximum atomic E-state index is 14.5. The first kappa shape index (κ1) is 22.9. The fraction of sp³-hybridized carbons (Fsp3) is 0.174. The van der Waals surface area contributed by atoms with Gasteiger partial charge < -0.3 is 15.2 Å². The Labute approximate surface area is 189 Å². The fourth-order valence-electron chi connectivity index (χ4n) is 3.60. The highest BCUT2D eigenvalue weighted by Gasteiger charge is 2.43. The SMILES string of the molecule is COC(=O)C1=C(C(=O)OC)N(c2cc(F)c(C)cc2S)C(N)=C(C#N)C1c1ccccc1. The molecular formula is C23H20FN3O4S. The molecule has 1 aliphatic heterocycles. The first-order valence-corrected chi connectivity index (χ1v) is 9.86. The first-order chi connectivity index (χ1) is 15.3. The zero-order valence-electron chi connectivity index (χ0n) is 17.5. The van der Waals surface area contributed by atoms with Gasteiger partial charge in [-0.05, 0) is 30.2 Å². The van der Waals surface area contributed by atoms with Crippen molar-refractivity contribution in [2.75, 3.05) is 19.1 Å². The number of hydrogen-bond acceptors (Lipinski definition) is 8. The highest BCUT2D eigenvalue weighted by atomic mass is 32.1. The van der Waals surface area contributed by atoms with E-state index in [1.165, 1.54) is 6.07 Å². The molecule has 2 aromatic carbocycles. The van der Waals surface area contributed by atoms with Crippen molar-refractivity contribution in [2.24, 2.45) is 5.73 Å². The van der Waals surface area contributed by atoms with Crippen LogP contribution >= 0.6 is 12.6 Å². The van der Waals surface area contributed by atoms with Gasteiger partial charge in [-0.25, -0.2) is 14.0 Å². The van der Waals surface area contributed by atoms with E-state index in [-0.39, 0.29) is 33.2 Å². The van der Waals surface area contributed by atoms with Gasteiger partial charge in [0.25, 0.3) is 0 Å². The Bertz CT molecular complexity index is 1200. The number of benzene rings is 2. The van der Waals surface area contributed by atoms with Crippen molar-refractivity contribution in [3.8, 4) is 6.07 Å². The molecule has 0 fully saturated rings. The van der Waals surface area contributed by atoms with Gasteiger partial charge in [0.15, 0.2) is 0 Å². The van der Waals surface area contributed by atoms with E-state index in [9.17, 15) is 19.2 Å². The zero-order chi connectivity index (χ0) is 23.6. The summed E-state index contributed by atoms with van der Waals surface area (Å²) in [6, 6.07) is 13.2. The number of allylic oxidation sites excluding steroid dienone is 1. The van der Waals surface area contributed by atoms with Crippen LogP contribution in [-0.4, -0.2) is 26.2 Å². The number of nitrogens with zero attached hydrogens (tertiary/aromatic N) is 2. The Hall–Kier alpha value is -3.77. The van der Waals surface area contributed by atoms with Crippen LogP contribution in [0.4, 0.5) is 10.1 Å². The minimum absolute atomic E-state index is 0.0158. The topological polar surface area (TPSA) is 106 Å². The molecule has 2 N–H and O–H groups in total. The molecule has 0 amide bonds. The Morgan fingerprint density at radius 2 is 1.78 bits per heavy atom. The van der Waals surface area contributed by atoms with Crippen molar-refractivity contribution in [2.45, 2.75) is 17.7 Å². The molecule has 7 nitrogen and oxygen atoms in total. The van der Waals surface area contributed by atoms with E-state index < -0.39 is 23.7 Å². The summed E-state index contributed by atoms with van der Waals surface area (Å²) in [4.78, 5) is 27.3. The average molecular weight is 453 g/mol. The van der Waals surface area contributed by atoms with Gasteiger partial charge in [0.1, 0.15) is 17.3 Å². The van der Waals surface area contributed by atoms with Crippen LogP contribution < -0.4 is 10.6 Å². The van der Waals surface area contributed by atoms with Crippen molar-refractivity contribution in [3.05, 3.63) is 82.1 Å². The fourth-order valence-corrected chi connectivity index (χ4v) is 3.96. The number of hydrogen-bond donors (Lipinski definition) is 2. The van der Waals surface area contributed by atoms with Gasteiger partial charge in [-0.3, -0.25) is 4.90 Å². The summed E-state index contributed by atoms with van der Waals surface area (Å²) in [6.07, 6.45) is 0. The molecule has 0 radical (unpaired) electrons. The standard InChI is InChI=1S/C23H20FN3O4S/c1-12-9-17(32)16(10-15(12)24)27-20(23(29)31-3)19(22(28)30-2)18(14(11-25)21(27)26)13-7-5-4-6-8-13/h4-10,18,32H,26H2,1-3H3. The third-order valence-corrected chi connectivity index (χ3v) is 5.47. The van der Waals surface area contributed by atoms with E-state index in [0.29, 0.717) is 11.1 Å². The van der Waals surface area contributed by atoms with Crippen molar-refractivity contribution in [3.63, 3.8) is 0 Å². The quantitative estimate of drug-likeness (QED) is 0.540.